The van der Waals surface area contributed by atoms with Crippen molar-refractivity contribution >= 4 is 0 Å². The summed E-state index contributed by atoms with van der Waals surface area (Å²) in [5.74, 6) is 5.68. The molecule has 0 amide bonds. The van der Waals surface area contributed by atoms with Gasteiger partial charge in [0.15, 0.2) is 0 Å². The molecule has 0 aliphatic carbocycles. The highest BCUT2D eigenvalue weighted by Crippen LogP contribution is 2.20. The molecule has 3 heteroatoms. The zero-order valence-electron chi connectivity index (χ0n) is 12.0. The van der Waals surface area contributed by atoms with Crippen LogP contribution in [0.25, 0.3) is 0 Å². The molecule has 0 radical (unpaired) electrons. The molecule has 0 aromatic carbocycles. The van der Waals surface area contributed by atoms with Crippen molar-refractivity contribution < 1.29 is 0 Å². The van der Waals surface area contributed by atoms with Gasteiger partial charge in [-0.15, -0.1) is 0 Å². The first-order chi connectivity index (χ1) is 8.67. The molecule has 0 aliphatic rings. The summed E-state index contributed by atoms with van der Waals surface area (Å²) in [5, 5.41) is 0. The molecule has 0 saturated heterocycles. The zero-order valence-corrected chi connectivity index (χ0v) is 12.0. The summed E-state index contributed by atoms with van der Waals surface area (Å²) in [6.07, 6.45) is 7.60. The van der Waals surface area contributed by atoms with Gasteiger partial charge in [-0.05, 0) is 38.0 Å². The molecule has 1 rings (SSSR count). The Bertz CT molecular complexity index is 329. The van der Waals surface area contributed by atoms with E-state index in [4.69, 9.17) is 5.84 Å². The molecule has 3 N–H and O–H groups in total. The van der Waals surface area contributed by atoms with Crippen LogP contribution >= 0.6 is 0 Å². The van der Waals surface area contributed by atoms with Gasteiger partial charge in [0.1, 0.15) is 0 Å². The van der Waals surface area contributed by atoms with Crippen LogP contribution in [0.3, 0.4) is 0 Å². The largest absolute Gasteiger partial charge is 0.271 e. The third-order valence-corrected chi connectivity index (χ3v) is 3.30. The quantitative estimate of drug-likeness (QED) is 0.421. The van der Waals surface area contributed by atoms with Gasteiger partial charge in [-0.1, -0.05) is 39.0 Å². The van der Waals surface area contributed by atoms with E-state index < -0.39 is 0 Å². The van der Waals surface area contributed by atoms with Crippen LogP contribution in [-0.4, -0.2) is 4.98 Å². The third kappa shape index (κ3) is 5.15. The van der Waals surface area contributed by atoms with Gasteiger partial charge in [0.2, 0.25) is 0 Å². The monoisotopic (exact) mass is 249 g/mol. The normalized spacial score (nSPS) is 12.7. The van der Waals surface area contributed by atoms with Gasteiger partial charge in [-0.25, -0.2) is 0 Å². The summed E-state index contributed by atoms with van der Waals surface area (Å²) in [4.78, 5) is 4.40. The lowest BCUT2D eigenvalue weighted by Crippen LogP contribution is -2.28. The van der Waals surface area contributed by atoms with Gasteiger partial charge >= 0.3 is 0 Å². The van der Waals surface area contributed by atoms with Gasteiger partial charge in [0.25, 0.3) is 0 Å². The van der Waals surface area contributed by atoms with E-state index in [-0.39, 0.29) is 6.04 Å². The van der Waals surface area contributed by atoms with Crippen molar-refractivity contribution in [1.29, 1.82) is 0 Å². The van der Waals surface area contributed by atoms with Crippen molar-refractivity contribution in [3.8, 4) is 0 Å². The van der Waals surface area contributed by atoms with Crippen molar-refractivity contribution in [2.24, 2.45) is 5.84 Å². The molecule has 0 fully saturated rings. The number of unbranched alkanes of at least 4 members (excludes halogenated alkanes) is 4. The van der Waals surface area contributed by atoms with Crippen LogP contribution < -0.4 is 11.3 Å². The number of rotatable bonds is 8. The van der Waals surface area contributed by atoms with Gasteiger partial charge in [0.05, 0.1) is 0 Å². The number of pyridine rings is 1. The SMILES string of the molecule is CCCCCCCC(NN)c1cc(C)nc(C)c1. The summed E-state index contributed by atoms with van der Waals surface area (Å²) in [7, 11) is 0. The predicted octanol–water partition coefficient (Wildman–Crippen LogP) is 3.56. The van der Waals surface area contributed by atoms with Crippen molar-refractivity contribution in [3.63, 3.8) is 0 Å². The molecule has 1 unspecified atom stereocenters. The van der Waals surface area contributed by atoms with Crippen LogP contribution in [0.4, 0.5) is 0 Å². The van der Waals surface area contributed by atoms with Crippen LogP contribution in [0.2, 0.25) is 0 Å². The molecular weight excluding hydrogens is 222 g/mol. The average molecular weight is 249 g/mol. The molecule has 1 aromatic heterocycles. The van der Waals surface area contributed by atoms with Crippen LogP contribution in [0.15, 0.2) is 12.1 Å². The Morgan fingerprint density at radius 3 is 2.28 bits per heavy atom. The topological polar surface area (TPSA) is 50.9 Å². The lowest BCUT2D eigenvalue weighted by molar-refractivity contribution is 0.478. The average Bonchev–Trinajstić information content (AvgIpc) is 2.32. The maximum Gasteiger partial charge on any atom is 0.0461 e. The van der Waals surface area contributed by atoms with E-state index in [1.165, 1.54) is 37.7 Å². The second kappa shape index (κ2) is 8.22. The van der Waals surface area contributed by atoms with Crippen molar-refractivity contribution in [2.45, 2.75) is 65.3 Å². The van der Waals surface area contributed by atoms with E-state index in [9.17, 15) is 0 Å². The van der Waals surface area contributed by atoms with E-state index >= 15 is 0 Å². The first-order valence-electron chi connectivity index (χ1n) is 7.08. The van der Waals surface area contributed by atoms with Gasteiger partial charge < -0.3 is 0 Å². The zero-order chi connectivity index (χ0) is 13.4. The Morgan fingerprint density at radius 1 is 1.11 bits per heavy atom. The summed E-state index contributed by atoms with van der Waals surface area (Å²) in [5.41, 5.74) is 6.33. The highest BCUT2D eigenvalue weighted by molar-refractivity contribution is 5.23. The van der Waals surface area contributed by atoms with E-state index in [1.54, 1.807) is 0 Å². The summed E-state index contributed by atoms with van der Waals surface area (Å²) >= 11 is 0. The number of hydrogen-bond acceptors (Lipinski definition) is 3. The predicted molar refractivity (Wildman–Crippen MR) is 77.2 cm³/mol. The maximum absolute atomic E-state index is 5.68. The summed E-state index contributed by atoms with van der Waals surface area (Å²) in [6, 6.07) is 4.51. The van der Waals surface area contributed by atoms with Gasteiger partial charge in [-0.3, -0.25) is 16.3 Å². The molecular formula is C15H27N3. The molecule has 0 aliphatic heterocycles. The fourth-order valence-electron chi connectivity index (χ4n) is 2.37. The van der Waals surface area contributed by atoms with Crippen LogP contribution in [0, 0.1) is 13.8 Å². The standard InChI is InChI=1S/C15H27N3/c1-4-5-6-7-8-9-15(18-16)14-10-12(2)17-13(3)11-14/h10-11,15,18H,4-9,16H2,1-3H3. The Morgan fingerprint density at radius 2 is 1.72 bits per heavy atom. The van der Waals surface area contributed by atoms with Gasteiger partial charge in [-0.2, -0.15) is 0 Å². The van der Waals surface area contributed by atoms with Crippen LogP contribution in [0.1, 0.15) is 68.4 Å². The molecule has 3 nitrogen and oxygen atoms in total. The first kappa shape index (κ1) is 15.1. The van der Waals surface area contributed by atoms with E-state index in [0.717, 1.165) is 17.8 Å². The number of aromatic nitrogens is 1. The summed E-state index contributed by atoms with van der Waals surface area (Å²) < 4.78 is 0. The fraction of sp³-hybridized carbons (Fsp3) is 0.667. The highest BCUT2D eigenvalue weighted by atomic mass is 15.2. The second-order valence-electron chi connectivity index (χ2n) is 5.11. The minimum absolute atomic E-state index is 0.257. The second-order valence-corrected chi connectivity index (χ2v) is 5.11. The Balaban J connectivity index is 2.49. The molecule has 1 aromatic rings. The van der Waals surface area contributed by atoms with Crippen molar-refractivity contribution in [3.05, 3.63) is 29.1 Å². The van der Waals surface area contributed by atoms with E-state index in [1.807, 2.05) is 13.8 Å². The molecule has 0 saturated carbocycles. The molecule has 102 valence electrons. The molecule has 0 bridgehead atoms. The van der Waals surface area contributed by atoms with E-state index in [2.05, 4.69) is 29.5 Å². The minimum atomic E-state index is 0.257. The number of nitrogens with two attached hydrogens (primary N) is 1. The first-order valence-corrected chi connectivity index (χ1v) is 7.08. The Hall–Kier alpha value is -0.930. The van der Waals surface area contributed by atoms with Crippen molar-refractivity contribution in [1.82, 2.24) is 10.4 Å². The summed E-state index contributed by atoms with van der Waals surface area (Å²) in [6.45, 7) is 6.31. The van der Waals surface area contributed by atoms with Crippen molar-refractivity contribution in [2.75, 3.05) is 0 Å². The Labute approximate surface area is 111 Å². The molecule has 0 spiro atoms. The number of aryl methyl sites for hydroxylation is 2. The van der Waals surface area contributed by atoms with Gasteiger partial charge in [0, 0.05) is 17.4 Å². The molecule has 1 atom stereocenters. The maximum atomic E-state index is 5.68. The highest BCUT2D eigenvalue weighted by Gasteiger charge is 2.10. The lowest BCUT2D eigenvalue weighted by Gasteiger charge is -2.17. The van der Waals surface area contributed by atoms with Crippen LogP contribution in [0.5, 0.6) is 0 Å². The molecule has 1 heterocycles. The van der Waals surface area contributed by atoms with E-state index in [0.29, 0.717) is 0 Å². The number of nitrogens with one attached hydrogen (secondary N) is 1. The smallest absolute Gasteiger partial charge is 0.0461 e. The third-order valence-electron chi connectivity index (χ3n) is 3.30. The Kier molecular flexibility index (Phi) is 6.91. The molecule has 18 heavy (non-hydrogen) atoms. The minimum Gasteiger partial charge on any atom is -0.271 e. The fourth-order valence-corrected chi connectivity index (χ4v) is 2.37. The number of nitrogens with zero attached hydrogens (tertiary/aromatic N) is 1. The number of hydrogen-bond donors (Lipinski definition) is 2. The van der Waals surface area contributed by atoms with Crippen LogP contribution in [-0.2, 0) is 0 Å². The lowest BCUT2D eigenvalue weighted by atomic mass is 10.00. The number of hydrazine groups is 1.